The van der Waals surface area contributed by atoms with Gasteiger partial charge in [-0.1, -0.05) is 25.0 Å². The number of hydrogen-bond donors (Lipinski definition) is 2. The lowest BCUT2D eigenvalue weighted by atomic mass is 9.92. The van der Waals surface area contributed by atoms with Crippen LogP contribution in [0.2, 0.25) is 0 Å². The molecule has 0 amide bonds. The summed E-state index contributed by atoms with van der Waals surface area (Å²) in [4.78, 5) is 21.6. The van der Waals surface area contributed by atoms with E-state index in [2.05, 4.69) is 13.0 Å². The fraction of sp³-hybridized carbons (Fsp3) is 0.625. The molecule has 2 fully saturated rings. The van der Waals surface area contributed by atoms with E-state index >= 15 is 0 Å². The van der Waals surface area contributed by atoms with Crippen molar-refractivity contribution in [2.75, 3.05) is 0 Å². The lowest BCUT2D eigenvalue weighted by molar-refractivity contribution is -0.136. The van der Waals surface area contributed by atoms with Crippen molar-refractivity contribution in [1.82, 2.24) is 0 Å². The van der Waals surface area contributed by atoms with Crippen molar-refractivity contribution in [2.45, 2.75) is 51.9 Å². The van der Waals surface area contributed by atoms with Crippen LogP contribution in [0.3, 0.4) is 0 Å². The summed E-state index contributed by atoms with van der Waals surface area (Å²) >= 11 is 0. The summed E-state index contributed by atoms with van der Waals surface area (Å²) in [6.07, 6.45) is 10.2. The van der Waals surface area contributed by atoms with Crippen LogP contribution in [-0.2, 0) is 9.59 Å². The molecule has 0 saturated heterocycles. The lowest BCUT2D eigenvalue weighted by Gasteiger charge is -2.12. The predicted octanol–water partition coefficient (Wildman–Crippen LogP) is 3.39. The highest BCUT2D eigenvalue weighted by atomic mass is 16.4. The fourth-order valence-corrected chi connectivity index (χ4v) is 3.15. The average Bonchev–Trinajstić information content (AvgIpc) is 3.00. The Morgan fingerprint density at radius 1 is 1.10 bits per heavy atom. The van der Waals surface area contributed by atoms with Crippen molar-refractivity contribution in [3.63, 3.8) is 0 Å². The number of allylic oxidation sites excluding steroid dienone is 2. The van der Waals surface area contributed by atoms with Crippen LogP contribution in [0.15, 0.2) is 22.8 Å². The van der Waals surface area contributed by atoms with Gasteiger partial charge < -0.3 is 10.2 Å². The highest BCUT2D eigenvalue weighted by molar-refractivity contribution is 6.01. The number of carboxylic acid groups (broad SMARTS) is 2. The van der Waals surface area contributed by atoms with Gasteiger partial charge in [0.05, 0.1) is 11.1 Å². The molecule has 2 atom stereocenters. The van der Waals surface area contributed by atoms with Crippen molar-refractivity contribution in [1.29, 1.82) is 0 Å². The number of rotatable bonds is 4. The zero-order valence-electron chi connectivity index (χ0n) is 11.9. The third kappa shape index (κ3) is 3.30. The highest BCUT2D eigenvalue weighted by Crippen LogP contribution is 2.48. The van der Waals surface area contributed by atoms with Crippen molar-refractivity contribution in [3.8, 4) is 0 Å². The zero-order chi connectivity index (χ0) is 14.7. The first kappa shape index (κ1) is 14.8. The molecule has 4 nitrogen and oxygen atoms in total. The van der Waals surface area contributed by atoms with E-state index in [1.165, 1.54) is 25.7 Å². The standard InChI is InChI=1S/C9H10O4.C7H12/c10-8(11)6-4-1-2-5(3-4)7(6)9(12)13;1-2-3-4-7-5-6-7/h4-5H,1-3H2,(H,10,11)(H,12,13);4H,2-3,5-6H2,1H3. The first-order valence-corrected chi connectivity index (χ1v) is 7.43. The van der Waals surface area contributed by atoms with Gasteiger partial charge in [-0.2, -0.15) is 0 Å². The smallest absolute Gasteiger partial charge is 0.332 e. The van der Waals surface area contributed by atoms with E-state index in [4.69, 9.17) is 10.2 Å². The number of carbonyl (C=O) groups is 2. The van der Waals surface area contributed by atoms with E-state index in [9.17, 15) is 9.59 Å². The Hall–Kier alpha value is -1.58. The molecule has 110 valence electrons. The highest BCUT2D eigenvalue weighted by Gasteiger charge is 2.44. The van der Waals surface area contributed by atoms with Gasteiger partial charge in [-0.3, -0.25) is 0 Å². The van der Waals surface area contributed by atoms with Crippen LogP contribution in [0.1, 0.15) is 51.9 Å². The molecular formula is C16H22O4. The van der Waals surface area contributed by atoms with Gasteiger partial charge >= 0.3 is 11.9 Å². The Balaban J connectivity index is 0.000000178. The van der Waals surface area contributed by atoms with E-state index in [0.29, 0.717) is 0 Å². The van der Waals surface area contributed by atoms with Gasteiger partial charge in [0.25, 0.3) is 0 Å². The average molecular weight is 278 g/mol. The van der Waals surface area contributed by atoms with Gasteiger partial charge in [0.1, 0.15) is 0 Å². The van der Waals surface area contributed by atoms with Crippen LogP contribution < -0.4 is 0 Å². The maximum absolute atomic E-state index is 10.8. The summed E-state index contributed by atoms with van der Waals surface area (Å²) in [6.45, 7) is 2.22. The largest absolute Gasteiger partial charge is 0.478 e. The molecule has 3 rings (SSSR count). The summed E-state index contributed by atoms with van der Waals surface area (Å²) in [6, 6.07) is 0. The maximum atomic E-state index is 10.8. The number of unbranched alkanes of at least 4 members (excludes halogenated alkanes) is 1. The zero-order valence-corrected chi connectivity index (χ0v) is 11.9. The molecule has 0 aromatic carbocycles. The van der Waals surface area contributed by atoms with Crippen molar-refractivity contribution in [3.05, 3.63) is 22.8 Å². The second-order valence-electron chi connectivity index (χ2n) is 5.80. The SMILES string of the molecule is CCCC=C1CC1.O=C(O)C1=C(C(=O)O)C2CCC1C2. The van der Waals surface area contributed by atoms with Gasteiger partial charge in [0.15, 0.2) is 0 Å². The molecule has 2 N–H and O–H groups in total. The Morgan fingerprint density at radius 2 is 1.60 bits per heavy atom. The van der Waals surface area contributed by atoms with Crippen LogP contribution in [0.25, 0.3) is 0 Å². The first-order valence-electron chi connectivity index (χ1n) is 7.43. The lowest BCUT2D eigenvalue weighted by Crippen LogP contribution is -2.17. The minimum Gasteiger partial charge on any atom is -0.478 e. The molecule has 2 saturated carbocycles. The normalized spacial score (nSPS) is 26.1. The Bertz CT molecular complexity index is 437. The minimum atomic E-state index is -1.05. The molecule has 4 heteroatoms. The molecule has 0 heterocycles. The van der Waals surface area contributed by atoms with Gasteiger partial charge in [0, 0.05) is 0 Å². The Morgan fingerprint density at radius 3 is 1.95 bits per heavy atom. The molecule has 0 aromatic heterocycles. The molecule has 3 aliphatic rings. The van der Waals surface area contributed by atoms with Crippen molar-refractivity contribution < 1.29 is 19.8 Å². The van der Waals surface area contributed by atoms with Crippen LogP contribution in [0.5, 0.6) is 0 Å². The van der Waals surface area contributed by atoms with Crippen LogP contribution >= 0.6 is 0 Å². The Kier molecular flexibility index (Phi) is 4.63. The van der Waals surface area contributed by atoms with Crippen LogP contribution in [0.4, 0.5) is 0 Å². The summed E-state index contributed by atoms with van der Waals surface area (Å²) in [7, 11) is 0. The monoisotopic (exact) mass is 278 g/mol. The van der Waals surface area contributed by atoms with E-state index in [0.717, 1.165) is 19.3 Å². The summed E-state index contributed by atoms with van der Waals surface area (Å²) < 4.78 is 0. The first-order chi connectivity index (χ1) is 9.54. The van der Waals surface area contributed by atoms with Gasteiger partial charge in [-0.05, 0) is 50.4 Å². The van der Waals surface area contributed by atoms with Gasteiger partial charge in [-0.15, -0.1) is 0 Å². The number of fused-ring (bicyclic) bond motifs is 2. The molecule has 20 heavy (non-hydrogen) atoms. The van der Waals surface area contributed by atoms with Gasteiger partial charge in [-0.25, -0.2) is 9.59 Å². The van der Waals surface area contributed by atoms with Gasteiger partial charge in [0.2, 0.25) is 0 Å². The molecule has 0 aromatic rings. The van der Waals surface area contributed by atoms with Crippen molar-refractivity contribution in [2.24, 2.45) is 11.8 Å². The van der Waals surface area contributed by atoms with Crippen molar-refractivity contribution >= 4 is 11.9 Å². The predicted molar refractivity (Wildman–Crippen MR) is 75.4 cm³/mol. The number of aliphatic carboxylic acids is 2. The third-order valence-electron chi connectivity index (χ3n) is 4.26. The number of hydrogen-bond acceptors (Lipinski definition) is 2. The van der Waals surface area contributed by atoms with E-state index in [-0.39, 0.29) is 23.0 Å². The molecule has 0 radical (unpaired) electrons. The third-order valence-corrected chi connectivity index (χ3v) is 4.26. The van der Waals surface area contributed by atoms with E-state index in [1.54, 1.807) is 5.57 Å². The Labute approximate surface area is 119 Å². The molecular weight excluding hydrogens is 256 g/mol. The summed E-state index contributed by atoms with van der Waals surface area (Å²) in [5.41, 5.74) is 1.99. The molecule has 3 aliphatic carbocycles. The topological polar surface area (TPSA) is 74.6 Å². The van der Waals surface area contributed by atoms with E-state index in [1.807, 2.05) is 0 Å². The van der Waals surface area contributed by atoms with Crippen LogP contribution in [0, 0.1) is 11.8 Å². The van der Waals surface area contributed by atoms with E-state index < -0.39 is 11.9 Å². The maximum Gasteiger partial charge on any atom is 0.332 e. The molecule has 0 spiro atoms. The number of carboxylic acids is 2. The summed E-state index contributed by atoms with van der Waals surface area (Å²) in [5.74, 6) is -2.11. The molecule has 2 bridgehead atoms. The quantitative estimate of drug-likeness (QED) is 0.773. The molecule has 0 aliphatic heterocycles. The summed E-state index contributed by atoms with van der Waals surface area (Å²) in [5, 5.41) is 17.7. The van der Waals surface area contributed by atoms with Crippen LogP contribution in [-0.4, -0.2) is 22.2 Å². The second kappa shape index (κ2) is 6.25. The minimum absolute atomic E-state index is 0.00593. The second-order valence-corrected chi connectivity index (χ2v) is 5.80. The fourth-order valence-electron chi connectivity index (χ4n) is 3.15. The molecule has 2 unspecified atom stereocenters.